The zero-order chi connectivity index (χ0) is 25.2. The van der Waals surface area contributed by atoms with E-state index in [1.807, 2.05) is 58.9 Å². The van der Waals surface area contributed by atoms with Crippen LogP contribution in [0.25, 0.3) is 0 Å². The first-order valence-electron chi connectivity index (χ1n) is 11.8. The molecule has 1 N–H and O–H groups in total. The summed E-state index contributed by atoms with van der Waals surface area (Å²) in [7, 11) is 1.73. The minimum absolute atomic E-state index is 0.0464. The minimum atomic E-state index is -0.610. The van der Waals surface area contributed by atoms with Gasteiger partial charge < -0.3 is 15.1 Å². The Morgan fingerprint density at radius 3 is 2.62 bits per heavy atom. The number of benzene rings is 1. The third kappa shape index (κ3) is 5.55. The van der Waals surface area contributed by atoms with E-state index < -0.39 is 12.2 Å². The molecule has 1 unspecified atom stereocenters. The van der Waals surface area contributed by atoms with E-state index in [1.165, 1.54) is 0 Å². The van der Waals surface area contributed by atoms with Gasteiger partial charge in [0.2, 0.25) is 11.8 Å². The van der Waals surface area contributed by atoms with Gasteiger partial charge in [-0.1, -0.05) is 49.2 Å². The van der Waals surface area contributed by atoms with Crippen LogP contribution in [-0.4, -0.2) is 76.6 Å². The fourth-order valence-electron chi connectivity index (χ4n) is 4.55. The van der Waals surface area contributed by atoms with E-state index in [1.54, 1.807) is 26.9 Å². The van der Waals surface area contributed by atoms with Gasteiger partial charge in [0.25, 0.3) is 0 Å². The molecule has 9 heteroatoms. The number of urea groups is 1. The van der Waals surface area contributed by atoms with Crippen molar-refractivity contribution in [3.05, 3.63) is 46.0 Å². The van der Waals surface area contributed by atoms with Gasteiger partial charge in [0.15, 0.2) is 0 Å². The summed E-state index contributed by atoms with van der Waals surface area (Å²) in [5.74, 6) is -0.0119. The number of hydrogen-bond donors (Lipinski definition) is 1. The average molecular weight is 490 g/mol. The lowest BCUT2D eigenvalue weighted by Gasteiger charge is -2.54. The van der Waals surface area contributed by atoms with Crippen molar-refractivity contribution >= 4 is 29.4 Å². The van der Waals surface area contributed by atoms with Crippen LogP contribution >= 0.6 is 11.6 Å². The van der Waals surface area contributed by atoms with E-state index in [-0.39, 0.29) is 36.9 Å². The number of piperazine rings is 1. The number of hydrogen-bond acceptors (Lipinski definition) is 4. The minimum Gasteiger partial charge on any atom is -0.333 e. The zero-order valence-corrected chi connectivity index (χ0v) is 21.7. The number of carbonyl (C=O) groups excluding carboxylic acids is 3. The van der Waals surface area contributed by atoms with E-state index >= 15 is 0 Å². The third-order valence-electron chi connectivity index (χ3n) is 6.45. The molecule has 1 aromatic rings. The predicted molar refractivity (Wildman–Crippen MR) is 133 cm³/mol. The topological polar surface area (TPSA) is 76.2 Å². The number of nitrogens with zero attached hydrogens (tertiary/aromatic N) is 4. The molecule has 2 saturated heterocycles. The van der Waals surface area contributed by atoms with E-state index in [2.05, 4.69) is 5.32 Å². The molecule has 0 aliphatic carbocycles. The molecular weight excluding hydrogens is 454 g/mol. The summed E-state index contributed by atoms with van der Waals surface area (Å²) in [6.45, 7) is 11.0. The molecule has 0 spiro atoms. The lowest BCUT2D eigenvalue weighted by Crippen LogP contribution is -2.76. The third-order valence-corrected chi connectivity index (χ3v) is 6.87. The summed E-state index contributed by atoms with van der Waals surface area (Å²) in [5.41, 5.74) is 2.94. The summed E-state index contributed by atoms with van der Waals surface area (Å²) in [5, 5.41) is 6.86. The molecule has 0 radical (unpaired) electrons. The Labute approximate surface area is 207 Å². The Bertz CT molecular complexity index is 979. The lowest BCUT2D eigenvalue weighted by molar-refractivity contribution is -0.188. The molecule has 1 aromatic carbocycles. The molecule has 0 aromatic heterocycles. The van der Waals surface area contributed by atoms with Gasteiger partial charge in [0, 0.05) is 25.2 Å². The Morgan fingerprint density at radius 1 is 1.29 bits per heavy atom. The number of carbonyl (C=O) groups is 3. The fourth-order valence-corrected chi connectivity index (χ4v) is 4.66. The Hall–Kier alpha value is -2.58. The largest absolute Gasteiger partial charge is 0.334 e. The highest BCUT2D eigenvalue weighted by molar-refractivity contribution is 6.31. The monoisotopic (exact) mass is 489 g/mol. The number of nitrogens with one attached hydrogen (secondary N) is 1. The van der Waals surface area contributed by atoms with Gasteiger partial charge >= 0.3 is 6.03 Å². The van der Waals surface area contributed by atoms with Crippen molar-refractivity contribution in [2.75, 3.05) is 26.7 Å². The average Bonchev–Trinajstić information content (AvgIpc) is 2.76. The smallest absolute Gasteiger partial charge is 0.333 e. The van der Waals surface area contributed by atoms with Crippen LogP contribution in [0.3, 0.4) is 0 Å². The number of halogens is 1. The van der Waals surface area contributed by atoms with Crippen LogP contribution in [-0.2, 0) is 16.1 Å². The Kier molecular flexibility index (Phi) is 8.25. The maximum atomic E-state index is 13.6. The van der Waals surface area contributed by atoms with Crippen molar-refractivity contribution < 1.29 is 14.4 Å². The van der Waals surface area contributed by atoms with Crippen LogP contribution in [0.5, 0.6) is 0 Å². The molecule has 2 aliphatic heterocycles. The molecule has 186 valence electrons. The second kappa shape index (κ2) is 10.8. The first kappa shape index (κ1) is 26.0. The van der Waals surface area contributed by atoms with E-state index in [0.29, 0.717) is 24.5 Å². The van der Waals surface area contributed by atoms with Gasteiger partial charge in [-0.15, -0.1) is 0 Å². The first-order chi connectivity index (χ1) is 16.0. The summed E-state index contributed by atoms with van der Waals surface area (Å²) in [6, 6.07) is 4.82. The van der Waals surface area contributed by atoms with Crippen molar-refractivity contribution in [3.63, 3.8) is 0 Å². The van der Waals surface area contributed by atoms with Gasteiger partial charge in [-0.25, -0.2) is 14.8 Å². The molecule has 3 rings (SSSR count). The predicted octanol–water partition coefficient (Wildman–Crippen LogP) is 3.40. The molecule has 0 bridgehead atoms. The van der Waals surface area contributed by atoms with Gasteiger partial charge in [-0.05, 0) is 50.3 Å². The van der Waals surface area contributed by atoms with E-state index in [0.717, 1.165) is 16.7 Å². The molecule has 4 amide bonds. The number of fused-ring (bicyclic) bond motifs is 1. The summed E-state index contributed by atoms with van der Waals surface area (Å²) in [6.07, 6.45) is 1.91. The summed E-state index contributed by atoms with van der Waals surface area (Å²) in [4.78, 5) is 43.4. The van der Waals surface area contributed by atoms with Crippen LogP contribution in [0.2, 0.25) is 5.02 Å². The van der Waals surface area contributed by atoms with Crippen molar-refractivity contribution in [1.29, 1.82) is 0 Å². The quantitative estimate of drug-likeness (QED) is 0.621. The highest BCUT2D eigenvalue weighted by Crippen LogP contribution is 2.30. The highest BCUT2D eigenvalue weighted by atomic mass is 35.5. The van der Waals surface area contributed by atoms with Crippen LogP contribution in [0.1, 0.15) is 45.2 Å². The van der Waals surface area contributed by atoms with Crippen LogP contribution in [0.15, 0.2) is 29.8 Å². The molecule has 0 saturated carbocycles. The lowest BCUT2D eigenvalue weighted by atomic mass is 9.96. The molecule has 2 atom stereocenters. The van der Waals surface area contributed by atoms with Gasteiger partial charge in [-0.3, -0.25) is 9.59 Å². The Balaban J connectivity index is 1.94. The molecule has 2 heterocycles. The molecule has 8 nitrogen and oxygen atoms in total. The van der Waals surface area contributed by atoms with Crippen molar-refractivity contribution in [1.82, 2.24) is 25.1 Å². The summed E-state index contributed by atoms with van der Waals surface area (Å²) < 4.78 is 0. The van der Waals surface area contributed by atoms with Crippen molar-refractivity contribution in [3.8, 4) is 0 Å². The van der Waals surface area contributed by atoms with Crippen molar-refractivity contribution in [2.45, 2.75) is 59.8 Å². The van der Waals surface area contributed by atoms with Crippen LogP contribution < -0.4 is 5.32 Å². The SMILES string of the molecule is C/C=C(\C)CNC(=O)N1C2CN(Cc3ccc(Cl)c(C)c3)C(=O)[C@H](CC(C)C)N2C(=O)CN1C. The highest BCUT2D eigenvalue weighted by Gasteiger charge is 2.50. The number of allylic oxidation sites excluding steroid dienone is 1. The maximum absolute atomic E-state index is 13.6. The number of rotatable bonds is 6. The normalized spacial score (nSPS) is 21.9. The summed E-state index contributed by atoms with van der Waals surface area (Å²) >= 11 is 6.19. The van der Waals surface area contributed by atoms with Gasteiger partial charge in [-0.2, -0.15) is 0 Å². The standard InChI is InChI=1S/C25H36ClN5O3/c1-7-17(4)12-27-25(34)31-22-14-29(13-19-8-9-20(26)18(5)11-19)24(33)21(10-16(2)3)30(22)23(32)15-28(31)6/h7-9,11,16,21-22H,10,12-15H2,1-6H3,(H,27,34)/b17-7+/t21-,22?/m0/s1. The van der Waals surface area contributed by atoms with Gasteiger partial charge in [0.05, 0.1) is 13.1 Å². The van der Waals surface area contributed by atoms with E-state index in [9.17, 15) is 14.4 Å². The number of amides is 4. The second-order valence-corrected chi connectivity index (χ2v) is 10.1. The fraction of sp³-hybridized carbons (Fsp3) is 0.560. The molecule has 2 fully saturated rings. The maximum Gasteiger partial charge on any atom is 0.334 e. The number of aryl methyl sites for hydroxylation is 1. The molecule has 2 aliphatic rings. The van der Waals surface area contributed by atoms with Crippen LogP contribution in [0.4, 0.5) is 4.79 Å². The van der Waals surface area contributed by atoms with Crippen molar-refractivity contribution in [2.24, 2.45) is 5.92 Å². The van der Waals surface area contributed by atoms with Crippen LogP contribution in [0, 0.1) is 12.8 Å². The number of hydrazine groups is 1. The second-order valence-electron chi connectivity index (χ2n) is 9.68. The van der Waals surface area contributed by atoms with Gasteiger partial charge in [0.1, 0.15) is 12.2 Å². The molecular formula is C25H36ClN5O3. The molecule has 34 heavy (non-hydrogen) atoms. The van der Waals surface area contributed by atoms with E-state index in [4.69, 9.17) is 11.6 Å². The first-order valence-corrected chi connectivity index (χ1v) is 12.2. The Morgan fingerprint density at radius 2 is 2.00 bits per heavy atom. The zero-order valence-electron chi connectivity index (χ0n) is 21.0. The number of likely N-dealkylation sites (N-methyl/N-ethyl adjacent to an activating group) is 1.